The van der Waals surface area contributed by atoms with Crippen LogP contribution in [0.15, 0.2) is 30.6 Å². The van der Waals surface area contributed by atoms with Crippen molar-refractivity contribution in [2.75, 3.05) is 19.6 Å². The third-order valence-corrected chi connectivity index (χ3v) is 4.45. The fourth-order valence-corrected chi connectivity index (χ4v) is 3.27. The first-order valence-corrected chi connectivity index (χ1v) is 9.84. The number of carbonyl (C=O) groups excluding carboxylic acids is 2. The molecule has 8 nitrogen and oxygen atoms in total. The molecular weight excluding hydrogens is 372 g/mol. The van der Waals surface area contributed by atoms with E-state index in [4.69, 9.17) is 9.47 Å². The van der Waals surface area contributed by atoms with Crippen molar-refractivity contribution in [2.24, 2.45) is 0 Å². The van der Waals surface area contributed by atoms with Crippen molar-refractivity contribution in [3.8, 4) is 0 Å². The Morgan fingerprint density at radius 3 is 2.31 bits per heavy atom. The van der Waals surface area contributed by atoms with Crippen molar-refractivity contribution in [3.05, 3.63) is 36.3 Å². The Morgan fingerprint density at radius 2 is 1.66 bits per heavy atom. The maximum Gasteiger partial charge on any atom is 0.410 e. The number of aromatic nitrogens is 2. The maximum atomic E-state index is 12.9. The number of amides is 2. The minimum absolute atomic E-state index is 0.302. The maximum absolute atomic E-state index is 12.9. The molecule has 0 saturated carbocycles. The summed E-state index contributed by atoms with van der Waals surface area (Å²) in [6, 6.07) is 5.31. The molecule has 1 saturated heterocycles. The molecule has 2 amide bonds. The molecule has 1 aliphatic rings. The van der Waals surface area contributed by atoms with Crippen LogP contribution in [0.4, 0.5) is 9.59 Å². The molecule has 0 aliphatic carbocycles. The highest BCUT2D eigenvalue weighted by Gasteiger charge is 2.38. The van der Waals surface area contributed by atoms with E-state index in [1.807, 2.05) is 70.3 Å². The van der Waals surface area contributed by atoms with Crippen molar-refractivity contribution in [3.63, 3.8) is 0 Å². The zero-order valence-electron chi connectivity index (χ0n) is 18.0. The number of piperazine rings is 1. The van der Waals surface area contributed by atoms with Crippen LogP contribution in [0, 0.1) is 0 Å². The van der Waals surface area contributed by atoms with Crippen LogP contribution in [0.3, 0.4) is 0 Å². The first kappa shape index (κ1) is 21.0. The molecule has 0 radical (unpaired) electrons. The van der Waals surface area contributed by atoms with Crippen molar-refractivity contribution in [2.45, 2.75) is 58.8 Å². The number of ether oxygens (including phenoxy) is 2. The second kappa shape index (κ2) is 7.57. The molecule has 158 valence electrons. The standard InChI is InChI=1S/C21H30N4O4/c1-20(2,3)28-18(26)23-11-12-25(19(27)29-21(4,5)6)16(14-23)15-13-22-17-9-7-8-10-24(15)17/h7-10,13,16H,11-12,14H2,1-6H3. The summed E-state index contributed by atoms with van der Waals surface area (Å²) in [7, 11) is 0. The van der Waals surface area contributed by atoms with Crippen LogP contribution < -0.4 is 0 Å². The van der Waals surface area contributed by atoms with Gasteiger partial charge in [-0.15, -0.1) is 0 Å². The average Bonchev–Trinajstić information content (AvgIpc) is 3.02. The smallest absolute Gasteiger partial charge is 0.410 e. The number of rotatable bonds is 1. The molecule has 0 aromatic carbocycles. The normalized spacial score (nSPS) is 18.1. The lowest BCUT2D eigenvalue weighted by molar-refractivity contribution is -0.0158. The van der Waals surface area contributed by atoms with E-state index in [1.54, 1.807) is 16.0 Å². The molecule has 8 heteroatoms. The third-order valence-electron chi connectivity index (χ3n) is 4.45. The largest absolute Gasteiger partial charge is 0.444 e. The Kier molecular flexibility index (Phi) is 5.47. The van der Waals surface area contributed by atoms with Crippen molar-refractivity contribution in [1.29, 1.82) is 0 Å². The van der Waals surface area contributed by atoms with E-state index in [0.717, 1.165) is 11.3 Å². The quantitative estimate of drug-likeness (QED) is 0.724. The van der Waals surface area contributed by atoms with Crippen molar-refractivity contribution >= 4 is 17.8 Å². The molecule has 1 fully saturated rings. The minimum atomic E-state index is -0.608. The highest BCUT2D eigenvalue weighted by Crippen LogP contribution is 2.29. The van der Waals surface area contributed by atoms with Gasteiger partial charge >= 0.3 is 12.2 Å². The Labute approximate surface area is 171 Å². The second-order valence-electron chi connectivity index (χ2n) is 9.23. The highest BCUT2D eigenvalue weighted by atomic mass is 16.6. The molecule has 1 unspecified atom stereocenters. The van der Waals surface area contributed by atoms with Gasteiger partial charge in [0.25, 0.3) is 0 Å². The van der Waals surface area contributed by atoms with Gasteiger partial charge in [0.2, 0.25) is 0 Å². The fourth-order valence-electron chi connectivity index (χ4n) is 3.27. The lowest BCUT2D eigenvalue weighted by atomic mass is 10.1. The molecule has 29 heavy (non-hydrogen) atoms. The predicted molar refractivity (Wildman–Crippen MR) is 109 cm³/mol. The van der Waals surface area contributed by atoms with Crippen LogP contribution in [-0.4, -0.2) is 62.2 Å². The van der Waals surface area contributed by atoms with E-state index in [1.165, 1.54) is 0 Å². The zero-order chi connectivity index (χ0) is 21.4. The van der Waals surface area contributed by atoms with Gasteiger partial charge in [0.05, 0.1) is 24.5 Å². The lowest BCUT2D eigenvalue weighted by Gasteiger charge is -2.41. The number of carbonyl (C=O) groups is 2. The highest BCUT2D eigenvalue weighted by molar-refractivity contribution is 5.71. The molecule has 3 heterocycles. The summed E-state index contributed by atoms with van der Waals surface area (Å²) in [5.74, 6) is 0. The van der Waals surface area contributed by atoms with Crippen LogP contribution in [-0.2, 0) is 9.47 Å². The van der Waals surface area contributed by atoms with E-state index in [9.17, 15) is 9.59 Å². The lowest BCUT2D eigenvalue weighted by Crippen LogP contribution is -2.54. The van der Waals surface area contributed by atoms with Gasteiger partial charge in [0.15, 0.2) is 0 Å². The summed E-state index contributed by atoms with van der Waals surface area (Å²) in [5, 5.41) is 0. The summed E-state index contributed by atoms with van der Waals surface area (Å²) in [6.07, 6.45) is 2.85. The molecule has 0 bridgehead atoms. The number of pyridine rings is 1. The topological polar surface area (TPSA) is 76.4 Å². The van der Waals surface area contributed by atoms with Gasteiger partial charge in [-0.3, -0.25) is 4.90 Å². The second-order valence-corrected chi connectivity index (χ2v) is 9.23. The number of imidazole rings is 1. The van der Waals surface area contributed by atoms with Gasteiger partial charge in [0.1, 0.15) is 16.8 Å². The Hall–Kier alpha value is -2.77. The van der Waals surface area contributed by atoms with E-state index < -0.39 is 23.3 Å². The molecule has 0 N–H and O–H groups in total. The van der Waals surface area contributed by atoms with Crippen LogP contribution in [0.1, 0.15) is 53.3 Å². The third kappa shape index (κ3) is 4.99. The van der Waals surface area contributed by atoms with Crippen LogP contribution >= 0.6 is 0 Å². The first-order chi connectivity index (χ1) is 13.4. The van der Waals surface area contributed by atoms with Gasteiger partial charge in [-0.25, -0.2) is 14.6 Å². The van der Waals surface area contributed by atoms with Crippen LogP contribution in [0.2, 0.25) is 0 Å². The van der Waals surface area contributed by atoms with E-state index >= 15 is 0 Å². The molecule has 1 atom stereocenters. The fraction of sp³-hybridized carbons (Fsp3) is 0.571. The molecule has 2 aromatic heterocycles. The summed E-state index contributed by atoms with van der Waals surface area (Å²) in [4.78, 5) is 33.3. The average molecular weight is 402 g/mol. The molecule has 3 rings (SSSR count). The predicted octanol–water partition coefficient (Wildman–Crippen LogP) is 3.86. The van der Waals surface area contributed by atoms with Gasteiger partial charge in [0, 0.05) is 19.3 Å². The summed E-state index contributed by atoms with van der Waals surface area (Å²) in [5.41, 5.74) is 0.405. The van der Waals surface area contributed by atoms with E-state index in [0.29, 0.717) is 19.6 Å². The first-order valence-electron chi connectivity index (χ1n) is 9.84. The Balaban J connectivity index is 1.92. The van der Waals surface area contributed by atoms with Crippen LogP contribution in [0.25, 0.3) is 5.65 Å². The van der Waals surface area contributed by atoms with Gasteiger partial charge in [-0.2, -0.15) is 0 Å². The Bertz CT molecular complexity index is 894. The molecule has 2 aromatic rings. The van der Waals surface area contributed by atoms with Crippen molar-refractivity contribution < 1.29 is 19.1 Å². The van der Waals surface area contributed by atoms with Gasteiger partial charge < -0.3 is 18.8 Å². The monoisotopic (exact) mass is 402 g/mol. The SMILES string of the molecule is CC(C)(C)OC(=O)N1CCN(C(=O)OC(C)(C)C)C(c2cnc3ccccn23)C1. The minimum Gasteiger partial charge on any atom is -0.444 e. The summed E-state index contributed by atoms with van der Waals surface area (Å²) >= 11 is 0. The molecule has 0 spiro atoms. The van der Waals surface area contributed by atoms with Gasteiger partial charge in [-0.05, 0) is 53.7 Å². The van der Waals surface area contributed by atoms with Crippen molar-refractivity contribution in [1.82, 2.24) is 19.2 Å². The Morgan fingerprint density at radius 1 is 1.00 bits per heavy atom. The summed E-state index contributed by atoms with van der Waals surface area (Å²) < 4.78 is 13.1. The number of fused-ring (bicyclic) bond motifs is 1. The van der Waals surface area contributed by atoms with Crippen LogP contribution in [0.5, 0.6) is 0 Å². The number of hydrogen-bond donors (Lipinski definition) is 0. The number of nitrogens with zero attached hydrogens (tertiary/aromatic N) is 4. The summed E-state index contributed by atoms with van der Waals surface area (Å²) in [6.45, 7) is 12.1. The van der Waals surface area contributed by atoms with E-state index in [-0.39, 0.29) is 6.09 Å². The molecular formula is C21H30N4O4. The number of hydrogen-bond acceptors (Lipinski definition) is 5. The molecule has 1 aliphatic heterocycles. The zero-order valence-corrected chi connectivity index (χ0v) is 18.0. The van der Waals surface area contributed by atoms with Gasteiger partial charge in [-0.1, -0.05) is 6.07 Å². The van der Waals surface area contributed by atoms with E-state index in [2.05, 4.69) is 4.98 Å².